The maximum Gasteiger partial charge on any atom is 0.311 e. The highest BCUT2D eigenvalue weighted by molar-refractivity contribution is 5.84. The van der Waals surface area contributed by atoms with E-state index in [1.165, 1.54) is 19.3 Å². The zero-order chi connectivity index (χ0) is 19.1. The van der Waals surface area contributed by atoms with E-state index in [0.29, 0.717) is 11.5 Å². The molecule has 26 heavy (non-hydrogen) atoms. The Bertz CT molecular complexity index is 581. The molecule has 1 fully saturated rings. The average molecular weight is 364 g/mol. The molecule has 1 aromatic rings. The van der Waals surface area contributed by atoms with Gasteiger partial charge in [-0.3, -0.25) is 9.59 Å². The smallest absolute Gasteiger partial charge is 0.311 e. The number of carbonyl (C=O) groups excluding carboxylic acids is 2. The number of hydrogen-bond acceptors (Lipinski definition) is 5. The number of rotatable bonds is 6. The van der Waals surface area contributed by atoms with Crippen LogP contribution in [0.3, 0.4) is 0 Å². The van der Waals surface area contributed by atoms with Crippen molar-refractivity contribution >= 4 is 11.9 Å². The third-order valence-electron chi connectivity index (χ3n) is 5.08. The van der Waals surface area contributed by atoms with Gasteiger partial charge < -0.3 is 14.6 Å². The second kappa shape index (κ2) is 9.74. The Morgan fingerprint density at radius 2 is 1.77 bits per heavy atom. The second-order valence-electron chi connectivity index (χ2n) is 7.68. The molecular weight excluding hydrogens is 332 g/mol. The predicted octanol–water partition coefficient (Wildman–Crippen LogP) is 3.63. The first-order valence-corrected chi connectivity index (χ1v) is 9.80. The van der Waals surface area contributed by atoms with E-state index in [4.69, 9.17) is 9.26 Å². The summed E-state index contributed by atoms with van der Waals surface area (Å²) in [6, 6.07) is 0.185. The Balaban J connectivity index is 1.94. The van der Waals surface area contributed by atoms with Crippen molar-refractivity contribution in [3.8, 4) is 0 Å². The molecule has 1 atom stereocenters. The first-order valence-electron chi connectivity index (χ1n) is 9.80. The lowest BCUT2D eigenvalue weighted by atomic mass is 9.96. The van der Waals surface area contributed by atoms with Gasteiger partial charge >= 0.3 is 5.97 Å². The lowest BCUT2D eigenvalue weighted by Gasteiger charge is -2.26. The van der Waals surface area contributed by atoms with Crippen molar-refractivity contribution < 1.29 is 18.8 Å². The molecular formula is C20H32N2O4. The van der Waals surface area contributed by atoms with E-state index in [1.54, 1.807) is 13.8 Å². The molecule has 0 bridgehead atoms. The first kappa shape index (κ1) is 20.5. The van der Waals surface area contributed by atoms with Crippen LogP contribution in [0.5, 0.6) is 0 Å². The van der Waals surface area contributed by atoms with Gasteiger partial charge in [-0.05, 0) is 32.6 Å². The van der Waals surface area contributed by atoms with E-state index in [-0.39, 0.29) is 24.3 Å². The SMILES string of the molecule is Cc1noc(C)c1CC(=O)OC(C(=O)NC1CCCCCCC1)C(C)C. The normalized spacial score (nSPS) is 17.4. The van der Waals surface area contributed by atoms with Gasteiger partial charge in [-0.2, -0.15) is 0 Å². The summed E-state index contributed by atoms with van der Waals surface area (Å²) in [5.74, 6) is -0.0831. The Hall–Kier alpha value is -1.85. The molecule has 0 aliphatic heterocycles. The van der Waals surface area contributed by atoms with Gasteiger partial charge in [0.15, 0.2) is 6.10 Å². The molecule has 1 unspecified atom stereocenters. The van der Waals surface area contributed by atoms with E-state index >= 15 is 0 Å². The van der Waals surface area contributed by atoms with Crippen molar-refractivity contribution in [1.29, 1.82) is 0 Å². The van der Waals surface area contributed by atoms with Crippen LogP contribution in [0.4, 0.5) is 0 Å². The van der Waals surface area contributed by atoms with Crippen molar-refractivity contribution in [3.63, 3.8) is 0 Å². The lowest BCUT2D eigenvalue weighted by Crippen LogP contribution is -2.45. The van der Waals surface area contributed by atoms with Crippen LogP contribution in [0.1, 0.15) is 75.8 Å². The maximum absolute atomic E-state index is 12.7. The molecule has 1 heterocycles. The standard InChI is InChI=1S/C20H32N2O4/c1-13(2)19(20(24)21-16-10-8-6-5-7-9-11-16)25-18(23)12-17-14(3)22-26-15(17)4/h13,16,19H,5-12H2,1-4H3,(H,21,24). The number of nitrogens with zero attached hydrogens (tertiary/aromatic N) is 1. The number of ether oxygens (including phenoxy) is 1. The number of nitrogens with one attached hydrogen (secondary N) is 1. The summed E-state index contributed by atoms with van der Waals surface area (Å²) in [5.41, 5.74) is 1.41. The quantitative estimate of drug-likeness (QED) is 0.780. The van der Waals surface area contributed by atoms with E-state index < -0.39 is 12.1 Å². The monoisotopic (exact) mass is 364 g/mol. The number of aromatic nitrogens is 1. The van der Waals surface area contributed by atoms with Gasteiger partial charge in [-0.25, -0.2) is 0 Å². The summed E-state index contributed by atoms with van der Waals surface area (Å²) >= 11 is 0. The van der Waals surface area contributed by atoms with E-state index in [1.807, 2.05) is 13.8 Å². The Morgan fingerprint density at radius 3 is 2.31 bits per heavy atom. The minimum atomic E-state index is -0.770. The van der Waals surface area contributed by atoms with E-state index in [9.17, 15) is 9.59 Å². The van der Waals surface area contributed by atoms with Crippen LogP contribution in [-0.2, 0) is 20.7 Å². The highest BCUT2D eigenvalue weighted by atomic mass is 16.5. The van der Waals surface area contributed by atoms with Gasteiger partial charge in [0.1, 0.15) is 5.76 Å². The Labute approximate surface area is 156 Å². The number of carbonyl (C=O) groups is 2. The Morgan fingerprint density at radius 1 is 1.15 bits per heavy atom. The third kappa shape index (κ3) is 5.85. The van der Waals surface area contributed by atoms with Crippen LogP contribution in [0.2, 0.25) is 0 Å². The molecule has 6 heteroatoms. The van der Waals surface area contributed by atoms with Gasteiger partial charge in [0.2, 0.25) is 0 Å². The largest absolute Gasteiger partial charge is 0.452 e. The van der Waals surface area contributed by atoms with Gasteiger partial charge in [0, 0.05) is 11.6 Å². The van der Waals surface area contributed by atoms with E-state index in [2.05, 4.69) is 10.5 Å². The molecule has 1 saturated carbocycles. The molecule has 1 amide bonds. The molecule has 0 saturated heterocycles. The fraction of sp³-hybridized carbons (Fsp3) is 0.750. The third-order valence-corrected chi connectivity index (χ3v) is 5.08. The fourth-order valence-corrected chi connectivity index (χ4v) is 3.46. The minimum absolute atomic E-state index is 0.0705. The molecule has 146 valence electrons. The van der Waals surface area contributed by atoms with Crippen molar-refractivity contribution in [3.05, 3.63) is 17.0 Å². The maximum atomic E-state index is 12.7. The summed E-state index contributed by atoms with van der Waals surface area (Å²) in [5, 5.41) is 6.96. The molecule has 0 aromatic carbocycles. The average Bonchev–Trinajstić information content (AvgIpc) is 2.86. The molecule has 2 rings (SSSR count). The van der Waals surface area contributed by atoms with Gasteiger partial charge in [0.25, 0.3) is 5.91 Å². The molecule has 0 radical (unpaired) electrons. The topological polar surface area (TPSA) is 81.4 Å². The lowest BCUT2D eigenvalue weighted by molar-refractivity contribution is -0.158. The summed E-state index contributed by atoms with van der Waals surface area (Å²) in [6.45, 7) is 7.35. The Kier molecular flexibility index (Phi) is 7.66. The number of aryl methyl sites for hydroxylation is 2. The van der Waals surface area contributed by atoms with Crippen LogP contribution in [-0.4, -0.2) is 29.2 Å². The molecule has 0 spiro atoms. The van der Waals surface area contributed by atoms with Crippen molar-refractivity contribution in [1.82, 2.24) is 10.5 Å². The van der Waals surface area contributed by atoms with Crippen LogP contribution in [0.25, 0.3) is 0 Å². The first-order chi connectivity index (χ1) is 12.4. The fourth-order valence-electron chi connectivity index (χ4n) is 3.46. The van der Waals surface area contributed by atoms with E-state index in [0.717, 1.165) is 31.2 Å². The predicted molar refractivity (Wildman–Crippen MR) is 98.6 cm³/mol. The molecule has 1 aliphatic carbocycles. The van der Waals surface area contributed by atoms with Crippen LogP contribution in [0, 0.1) is 19.8 Å². The zero-order valence-corrected chi connectivity index (χ0v) is 16.5. The molecule has 1 aromatic heterocycles. The van der Waals surface area contributed by atoms with Crippen LogP contribution in [0.15, 0.2) is 4.52 Å². The molecule has 6 nitrogen and oxygen atoms in total. The van der Waals surface area contributed by atoms with Crippen molar-refractivity contribution in [2.24, 2.45) is 5.92 Å². The second-order valence-corrected chi connectivity index (χ2v) is 7.68. The van der Waals surface area contributed by atoms with Gasteiger partial charge in [-0.1, -0.05) is 51.1 Å². The van der Waals surface area contributed by atoms with Gasteiger partial charge in [0.05, 0.1) is 12.1 Å². The zero-order valence-electron chi connectivity index (χ0n) is 16.5. The number of amides is 1. The highest BCUT2D eigenvalue weighted by Gasteiger charge is 2.29. The highest BCUT2D eigenvalue weighted by Crippen LogP contribution is 2.19. The number of hydrogen-bond donors (Lipinski definition) is 1. The van der Waals surface area contributed by atoms with Gasteiger partial charge in [-0.15, -0.1) is 0 Å². The van der Waals surface area contributed by atoms with Crippen molar-refractivity contribution in [2.75, 3.05) is 0 Å². The summed E-state index contributed by atoms with van der Waals surface area (Å²) in [7, 11) is 0. The van der Waals surface area contributed by atoms with Crippen molar-refractivity contribution in [2.45, 2.75) is 91.2 Å². The summed E-state index contributed by atoms with van der Waals surface area (Å²) in [4.78, 5) is 25.1. The minimum Gasteiger partial charge on any atom is -0.452 e. The van der Waals surface area contributed by atoms with Crippen LogP contribution >= 0.6 is 0 Å². The molecule has 1 N–H and O–H groups in total. The summed E-state index contributed by atoms with van der Waals surface area (Å²) < 4.78 is 10.6. The number of esters is 1. The summed E-state index contributed by atoms with van der Waals surface area (Å²) in [6.07, 6.45) is 7.34. The van der Waals surface area contributed by atoms with Crippen LogP contribution < -0.4 is 5.32 Å². The molecule has 1 aliphatic rings.